The SMILES string of the molecule is CC1C=C(CNC(=O)c2ccc3ccccc3c2)C=C(CN=C(N)NC(=O)NCC2=CC(CN=C(N)N)=CC(C)C2)C1. The number of nitrogens with one attached hydrogen (secondary N) is 3. The zero-order chi connectivity index (χ0) is 30.1. The second-order valence-electron chi connectivity index (χ2n) is 10.9. The zero-order valence-electron chi connectivity index (χ0n) is 24.2. The molecule has 0 fully saturated rings. The summed E-state index contributed by atoms with van der Waals surface area (Å²) < 4.78 is 0. The van der Waals surface area contributed by atoms with Gasteiger partial charge in [-0.25, -0.2) is 14.8 Å². The predicted octanol–water partition coefficient (Wildman–Crippen LogP) is 3.24. The number of aliphatic imine (C=N–C) groups is 2. The number of guanidine groups is 2. The van der Waals surface area contributed by atoms with E-state index in [0.29, 0.717) is 43.6 Å². The summed E-state index contributed by atoms with van der Waals surface area (Å²) in [6.07, 6.45) is 9.99. The number of fused-ring (bicyclic) bond motifs is 1. The van der Waals surface area contributed by atoms with Crippen molar-refractivity contribution in [2.75, 3.05) is 26.2 Å². The van der Waals surface area contributed by atoms with E-state index >= 15 is 0 Å². The van der Waals surface area contributed by atoms with Crippen molar-refractivity contribution in [2.24, 2.45) is 39.0 Å². The molecule has 2 unspecified atom stereocenters. The van der Waals surface area contributed by atoms with Crippen LogP contribution in [-0.4, -0.2) is 50.0 Å². The maximum atomic E-state index is 12.8. The van der Waals surface area contributed by atoms with Crippen LogP contribution in [0, 0.1) is 11.8 Å². The highest BCUT2D eigenvalue weighted by molar-refractivity contribution is 5.98. The number of allylic oxidation sites excluding steroid dienone is 2. The van der Waals surface area contributed by atoms with Crippen molar-refractivity contribution >= 4 is 34.6 Å². The van der Waals surface area contributed by atoms with Crippen LogP contribution >= 0.6 is 0 Å². The van der Waals surface area contributed by atoms with Crippen LogP contribution < -0.4 is 33.2 Å². The van der Waals surface area contributed by atoms with Gasteiger partial charge in [-0.3, -0.25) is 10.1 Å². The smallest absolute Gasteiger partial charge is 0.321 e. The molecule has 0 heterocycles. The van der Waals surface area contributed by atoms with Gasteiger partial charge in [0, 0.05) is 18.7 Å². The van der Waals surface area contributed by atoms with Gasteiger partial charge in [-0.05, 0) is 64.3 Å². The van der Waals surface area contributed by atoms with E-state index in [2.05, 4.69) is 51.9 Å². The molecule has 9 N–H and O–H groups in total. The molecule has 3 amide bonds. The summed E-state index contributed by atoms with van der Waals surface area (Å²) in [5.74, 6) is 0.587. The third-order valence-electron chi connectivity index (χ3n) is 7.02. The fraction of sp³-hybridized carbons (Fsp3) is 0.312. The van der Waals surface area contributed by atoms with Gasteiger partial charge in [-0.15, -0.1) is 0 Å². The maximum absolute atomic E-state index is 12.8. The summed E-state index contributed by atoms with van der Waals surface area (Å²) in [5, 5.41) is 10.6. The second kappa shape index (κ2) is 14.2. The van der Waals surface area contributed by atoms with Crippen molar-refractivity contribution in [1.29, 1.82) is 0 Å². The first kappa shape index (κ1) is 30.1. The molecule has 2 aliphatic rings. The number of nitrogens with zero attached hydrogens (tertiary/aromatic N) is 2. The highest BCUT2D eigenvalue weighted by Gasteiger charge is 2.15. The van der Waals surface area contributed by atoms with Crippen molar-refractivity contribution in [3.63, 3.8) is 0 Å². The topological polar surface area (TPSA) is 173 Å². The van der Waals surface area contributed by atoms with Crippen LogP contribution in [-0.2, 0) is 0 Å². The van der Waals surface area contributed by atoms with Crippen LogP contribution in [0.2, 0.25) is 0 Å². The van der Waals surface area contributed by atoms with Gasteiger partial charge in [0.25, 0.3) is 5.91 Å². The van der Waals surface area contributed by atoms with Gasteiger partial charge in [-0.1, -0.05) is 74.1 Å². The van der Waals surface area contributed by atoms with E-state index in [1.54, 1.807) is 0 Å². The zero-order valence-corrected chi connectivity index (χ0v) is 24.2. The molecule has 10 heteroatoms. The Morgan fingerprint density at radius 3 is 2.26 bits per heavy atom. The van der Waals surface area contributed by atoms with Gasteiger partial charge >= 0.3 is 6.03 Å². The van der Waals surface area contributed by atoms with Gasteiger partial charge < -0.3 is 27.8 Å². The molecule has 2 aromatic rings. The molecule has 4 rings (SSSR count). The Labute approximate surface area is 246 Å². The lowest BCUT2D eigenvalue weighted by Crippen LogP contribution is -2.44. The molecule has 0 spiro atoms. The van der Waals surface area contributed by atoms with Crippen LogP contribution in [0.3, 0.4) is 0 Å². The molecule has 0 bridgehead atoms. The Hall–Kier alpha value is -4.86. The standard InChI is InChI=1S/C32H40N8O2/c1-20-9-22(16-36-29(41)28-8-7-26-5-3-4-6-27(26)15-28)13-24(11-20)18-38-31(35)40-32(42)39-19-25-12-21(2)10-23(14-25)17-37-30(33)34/h3-10,13-15,20-21H,11-12,16-19H2,1-2H3,(H,36,41)(H4,33,34,37)(H4,35,38,39,40,42). The normalized spacial score (nSPS) is 18.7. The van der Waals surface area contributed by atoms with Crippen molar-refractivity contribution in [3.8, 4) is 0 Å². The monoisotopic (exact) mass is 568 g/mol. The van der Waals surface area contributed by atoms with E-state index in [9.17, 15) is 9.59 Å². The summed E-state index contributed by atoms with van der Waals surface area (Å²) in [7, 11) is 0. The molecule has 0 saturated heterocycles. The number of amides is 3. The summed E-state index contributed by atoms with van der Waals surface area (Å²) in [5.41, 5.74) is 21.7. The van der Waals surface area contributed by atoms with Crippen LogP contribution in [0.4, 0.5) is 4.79 Å². The van der Waals surface area contributed by atoms with Crippen LogP contribution in [0.25, 0.3) is 10.8 Å². The number of hydrogen-bond acceptors (Lipinski definition) is 4. The Kier molecular flexibility index (Phi) is 10.1. The lowest BCUT2D eigenvalue weighted by atomic mass is 9.91. The maximum Gasteiger partial charge on any atom is 0.321 e. The average Bonchev–Trinajstić information content (AvgIpc) is 2.96. The quantitative estimate of drug-likeness (QED) is 0.201. The molecule has 0 aromatic heterocycles. The molecule has 2 aliphatic carbocycles. The van der Waals surface area contributed by atoms with Gasteiger partial charge in [-0.2, -0.15) is 0 Å². The van der Waals surface area contributed by atoms with Crippen LogP contribution in [0.15, 0.2) is 99.0 Å². The summed E-state index contributed by atoms with van der Waals surface area (Å²) >= 11 is 0. The third kappa shape index (κ3) is 9.09. The average molecular weight is 569 g/mol. The van der Waals surface area contributed by atoms with Gasteiger partial charge in [0.2, 0.25) is 0 Å². The predicted molar refractivity (Wildman–Crippen MR) is 170 cm³/mol. The van der Waals surface area contributed by atoms with Crippen molar-refractivity contribution in [1.82, 2.24) is 16.0 Å². The minimum Gasteiger partial charge on any atom is -0.370 e. The van der Waals surface area contributed by atoms with Crippen molar-refractivity contribution in [3.05, 3.63) is 94.6 Å². The highest BCUT2D eigenvalue weighted by Crippen LogP contribution is 2.23. The third-order valence-corrected chi connectivity index (χ3v) is 7.02. The molecule has 42 heavy (non-hydrogen) atoms. The summed E-state index contributed by atoms with van der Waals surface area (Å²) in [6.45, 7) is 5.78. The van der Waals surface area contributed by atoms with Gasteiger partial charge in [0.15, 0.2) is 11.9 Å². The summed E-state index contributed by atoms with van der Waals surface area (Å²) in [6, 6.07) is 13.2. The first-order valence-corrected chi connectivity index (χ1v) is 14.1. The molecular weight excluding hydrogens is 528 g/mol. The molecular formula is C32H40N8O2. The number of benzene rings is 2. The largest absolute Gasteiger partial charge is 0.370 e. The van der Waals surface area contributed by atoms with E-state index in [4.69, 9.17) is 17.2 Å². The number of nitrogens with two attached hydrogens (primary N) is 3. The molecule has 2 atom stereocenters. The Balaban J connectivity index is 1.25. The number of rotatable bonds is 9. The number of carbonyl (C=O) groups excluding carboxylic acids is 2. The Morgan fingerprint density at radius 1 is 0.810 bits per heavy atom. The molecule has 0 radical (unpaired) electrons. The fourth-order valence-corrected chi connectivity index (χ4v) is 5.23. The van der Waals surface area contributed by atoms with Crippen molar-refractivity contribution < 1.29 is 9.59 Å². The summed E-state index contributed by atoms with van der Waals surface area (Å²) in [4.78, 5) is 33.6. The number of carbonyl (C=O) groups is 2. The number of urea groups is 1. The molecule has 10 nitrogen and oxygen atoms in total. The first-order valence-electron chi connectivity index (χ1n) is 14.1. The minimum atomic E-state index is -0.423. The Morgan fingerprint density at radius 2 is 1.50 bits per heavy atom. The van der Waals surface area contributed by atoms with E-state index in [-0.39, 0.29) is 17.8 Å². The second-order valence-corrected chi connectivity index (χ2v) is 10.9. The van der Waals surface area contributed by atoms with E-state index in [1.165, 1.54) is 0 Å². The highest BCUT2D eigenvalue weighted by atomic mass is 16.2. The first-order chi connectivity index (χ1) is 20.1. The fourth-order valence-electron chi connectivity index (χ4n) is 5.23. The van der Waals surface area contributed by atoms with E-state index in [1.807, 2.05) is 54.6 Å². The lowest BCUT2D eigenvalue weighted by molar-refractivity contribution is 0.0957. The molecule has 0 saturated carbocycles. The number of hydrogen-bond donors (Lipinski definition) is 6. The molecule has 220 valence electrons. The van der Waals surface area contributed by atoms with E-state index in [0.717, 1.165) is 45.9 Å². The van der Waals surface area contributed by atoms with E-state index < -0.39 is 6.03 Å². The lowest BCUT2D eigenvalue weighted by Gasteiger charge is -2.19. The van der Waals surface area contributed by atoms with Gasteiger partial charge in [0.1, 0.15) is 0 Å². The Bertz CT molecular complexity index is 1510. The molecule has 0 aliphatic heterocycles. The molecule has 2 aromatic carbocycles. The minimum absolute atomic E-state index is 0.0427. The van der Waals surface area contributed by atoms with Crippen LogP contribution in [0.1, 0.15) is 37.0 Å². The van der Waals surface area contributed by atoms with Crippen molar-refractivity contribution in [2.45, 2.75) is 26.7 Å². The van der Waals surface area contributed by atoms with Crippen LogP contribution in [0.5, 0.6) is 0 Å². The van der Waals surface area contributed by atoms with Gasteiger partial charge in [0.05, 0.1) is 13.1 Å².